The van der Waals surface area contributed by atoms with Crippen molar-refractivity contribution in [1.29, 1.82) is 0 Å². The Hall–Kier alpha value is 0.580. The Morgan fingerprint density at radius 1 is 1.30 bits per heavy atom. The molecule has 0 aromatic heterocycles. The molecule has 2 atom stereocenters. The highest BCUT2D eigenvalue weighted by atomic mass is 35.5. The Morgan fingerprint density at radius 3 is 2.20 bits per heavy atom. The fraction of sp³-hybridized carbons (Fsp3) is 1.00. The van der Waals surface area contributed by atoms with E-state index in [0.717, 1.165) is 12.3 Å². The van der Waals surface area contributed by atoms with Crippen molar-refractivity contribution in [3.8, 4) is 0 Å². The predicted octanol–water partition coefficient (Wildman–Crippen LogP) is 3.37. The van der Waals surface area contributed by atoms with Crippen LogP contribution in [0.15, 0.2) is 0 Å². The summed E-state index contributed by atoms with van der Waals surface area (Å²) in [5.74, 6) is 0.819. The molecule has 0 amide bonds. The molecule has 10 heavy (non-hydrogen) atoms. The van der Waals surface area contributed by atoms with E-state index in [1.165, 1.54) is 19.3 Å². The Balaban J connectivity index is 2.31. The van der Waals surface area contributed by atoms with Crippen molar-refractivity contribution in [2.75, 3.05) is 0 Å². The highest BCUT2D eigenvalue weighted by molar-refractivity contribution is 6.49. The molecule has 2 fully saturated rings. The smallest absolute Gasteiger partial charge is 0.101 e. The largest absolute Gasteiger partial charge is 0.123 e. The second-order valence-corrected chi connectivity index (χ2v) is 5.56. The molecule has 0 nitrogen and oxygen atoms in total. The van der Waals surface area contributed by atoms with Gasteiger partial charge in [0.1, 0.15) is 4.33 Å². The SMILES string of the molecule is C[C@@]12CC[C@@H](CC1(Cl)Cl)C2. The molecule has 0 radical (unpaired) electrons. The first-order chi connectivity index (χ1) is 4.54. The third kappa shape index (κ3) is 0.753. The van der Waals surface area contributed by atoms with Crippen LogP contribution in [-0.2, 0) is 0 Å². The van der Waals surface area contributed by atoms with Crippen molar-refractivity contribution in [1.82, 2.24) is 0 Å². The molecule has 58 valence electrons. The van der Waals surface area contributed by atoms with E-state index in [1.807, 2.05) is 0 Å². The highest BCUT2D eigenvalue weighted by Crippen LogP contribution is 2.64. The molecule has 2 heteroatoms. The van der Waals surface area contributed by atoms with E-state index in [2.05, 4.69) is 6.92 Å². The van der Waals surface area contributed by atoms with Gasteiger partial charge in [-0.1, -0.05) is 6.92 Å². The normalized spacial score (nSPS) is 50.1. The quantitative estimate of drug-likeness (QED) is 0.500. The van der Waals surface area contributed by atoms with Crippen LogP contribution < -0.4 is 0 Å². The maximum absolute atomic E-state index is 6.17. The van der Waals surface area contributed by atoms with E-state index in [0.29, 0.717) is 0 Å². The van der Waals surface area contributed by atoms with Crippen LogP contribution in [0.1, 0.15) is 32.6 Å². The van der Waals surface area contributed by atoms with E-state index in [9.17, 15) is 0 Å². The van der Waals surface area contributed by atoms with Crippen molar-refractivity contribution < 1.29 is 0 Å². The van der Waals surface area contributed by atoms with Gasteiger partial charge in [0.25, 0.3) is 0 Å². The Kier molecular flexibility index (Phi) is 1.33. The van der Waals surface area contributed by atoms with Gasteiger partial charge < -0.3 is 0 Å². The van der Waals surface area contributed by atoms with Gasteiger partial charge in [-0.2, -0.15) is 0 Å². The Bertz CT molecular complexity index is 163. The minimum atomic E-state index is -0.407. The summed E-state index contributed by atoms with van der Waals surface area (Å²) in [6.07, 6.45) is 4.84. The number of alkyl halides is 2. The van der Waals surface area contributed by atoms with Crippen LogP contribution in [0.25, 0.3) is 0 Å². The van der Waals surface area contributed by atoms with Crippen LogP contribution in [0, 0.1) is 11.3 Å². The summed E-state index contributed by atoms with van der Waals surface area (Å²) in [4.78, 5) is 0. The van der Waals surface area contributed by atoms with E-state index >= 15 is 0 Å². The molecule has 0 heterocycles. The van der Waals surface area contributed by atoms with Crippen LogP contribution in [0.2, 0.25) is 0 Å². The van der Waals surface area contributed by atoms with Crippen molar-refractivity contribution in [2.24, 2.45) is 11.3 Å². The zero-order chi connectivity index (χ0) is 7.41. The summed E-state index contributed by atoms with van der Waals surface area (Å²) in [5, 5.41) is 0. The lowest BCUT2D eigenvalue weighted by molar-refractivity contribution is 0.310. The summed E-state index contributed by atoms with van der Waals surface area (Å²) >= 11 is 12.3. The molecule has 2 aliphatic carbocycles. The van der Waals surface area contributed by atoms with Crippen LogP contribution >= 0.6 is 23.2 Å². The first kappa shape index (κ1) is 7.24. The van der Waals surface area contributed by atoms with E-state index in [-0.39, 0.29) is 5.41 Å². The number of rotatable bonds is 0. The molecular formula is C8H12Cl2. The van der Waals surface area contributed by atoms with Gasteiger partial charge in [0.15, 0.2) is 0 Å². The number of fused-ring (bicyclic) bond motifs is 2. The fourth-order valence-electron chi connectivity index (χ4n) is 2.48. The van der Waals surface area contributed by atoms with Crippen LogP contribution in [0.4, 0.5) is 0 Å². The lowest BCUT2D eigenvalue weighted by Crippen LogP contribution is -2.31. The molecule has 2 aliphatic rings. The molecule has 0 aromatic carbocycles. The average Bonchev–Trinajstić information content (AvgIpc) is 2.18. The predicted molar refractivity (Wildman–Crippen MR) is 44.5 cm³/mol. The minimum absolute atomic E-state index is 0.237. The first-order valence-electron chi connectivity index (χ1n) is 3.91. The Morgan fingerprint density at radius 2 is 2.00 bits per heavy atom. The number of halogens is 2. The molecule has 2 rings (SSSR count). The zero-order valence-corrected chi connectivity index (χ0v) is 7.67. The molecule has 0 unspecified atom stereocenters. The average molecular weight is 179 g/mol. The van der Waals surface area contributed by atoms with Gasteiger partial charge >= 0.3 is 0 Å². The van der Waals surface area contributed by atoms with Gasteiger partial charge in [0, 0.05) is 5.41 Å². The summed E-state index contributed by atoms with van der Waals surface area (Å²) < 4.78 is -0.407. The molecule has 2 saturated carbocycles. The minimum Gasteiger partial charge on any atom is -0.101 e. The van der Waals surface area contributed by atoms with E-state index in [4.69, 9.17) is 23.2 Å². The van der Waals surface area contributed by atoms with Crippen LogP contribution in [-0.4, -0.2) is 4.33 Å². The molecule has 0 N–H and O–H groups in total. The molecule has 0 aliphatic heterocycles. The lowest BCUT2D eigenvalue weighted by Gasteiger charge is -2.34. The third-order valence-electron chi connectivity index (χ3n) is 3.27. The van der Waals surface area contributed by atoms with Gasteiger partial charge in [-0.05, 0) is 31.6 Å². The Labute approximate surface area is 71.9 Å². The summed E-state index contributed by atoms with van der Waals surface area (Å²) in [7, 11) is 0. The maximum atomic E-state index is 6.17. The lowest BCUT2D eigenvalue weighted by atomic mass is 9.86. The first-order valence-corrected chi connectivity index (χ1v) is 4.67. The van der Waals surface area contributed by atoms with Gasteiger partial charge in [0.05, 0.1) is 0 Å². The highest BCUT2D eigenvalue weighted by Gasteiger charge is 2.57. The molecular weight excluding hydrogens is 167 g/mol. The topological polar surface area (TPSA) is 0 Å². The molecule has 0 spiro atoms. The third-order valence-corrected chi connectivity index (χ3v) is 4.49. The van der Waals surface area contributed by atoms with Gasteiger partial charge in [-0.15, -0.1) is 23.2 Å². The summed E-state index contributed by atoms with van der Waals surface area (Å²) in [5.41, 5.74) is 0.237. The van der Waals surface area contributed by atoms with Gasteiger partial charge in [-0.3, -0.25) is 0 Å². The van der Waals surface area contributed by atoms with Crippen molar-refractivity contribution in [3.05, 3.63) is 0 Å². The van der Waals surface area contributed by atoms with Crippen molar-refractivity contribution >= 4 is 23.2 Å². The number of hydrogen-bond donors (Lipinski definition) is 0. The summed E-state index contributed by atoms with van der Waals surface area (Å²) in [6, 6.07) is 0. The standard InChI is InChI=1S/C8H12Cl2/c1-7-3-2-6(4-7)5-8(7,9)10/h6H,2-5H2,1H3/t6-,7+/m1/s1. The van der Waals surface area contributed by atoms with Crippen LogP contribution in [0.3, 0.4) is 0 Å². The van der Waals surface area contributed by atoms with Crippen molar-refractivity contribution in [2.45, 2.75) is 36.9 Å². The molecule has 0 aromatic rings. The van der Waals surface area contributed by atoms with Crippen LogP contribution in [0.5, 0.6) is 0 Å². The number of hydrogen-bond acceptors (Lipinski definition) is 0. The zero-order valence-electron chi connectivity index (χ0n) is 6.16. The molecule has 2 bridgehead atoms. The van der Waals surface area contributed by atoms with Crippen molar-refractivity contribution in [3.63, 3.8) is 0 Å². The molecule has 0 saturated heterocycles. The van der Waals surface area contributed by atoms with E-state index in [1.54, 1.807) is 0 Å². The van der Waals surface area contributed by atoms with Gasteiger partial charge in [0.2, 0.25) is 0 Å². The monoisotopic (exact) mass is 178 g/mol. The fourth-order valence-corrected chi connectivity index (χ4v) is 3.26. The van der Waals surface area contributed by atoms with E-state index < -0.39 is 4.33 Å². The maximum Gasteiger partial charge on any atom is 0.123 e. The second kappa shape index (κ2) is 1.84. The second-order valence-electron chi connectivity index (χ2n) is 4.08. The summed E-state index contributed by atoms with van der Waals surface area (Å²) in [6.45, 7) is 2.22. The van der Waals surface area contributed by atoms with Gasteiger partial charge in [-0.25, -0.2) is 0 Å².